The lowest BCUT2D eigenvalue weighted by molar-refractivity contribution is 0.0591. The molecule has 5 nitrogen and oxygen atoms in total. The van der Waals surface area contributed by atoms with E-state index in [1.165, 1.54) is 26.2 Å². The predicted molar refractivity (Wildman–Crippen MR) is 66.6 cm³/mol. The summed E-state index contributed by atoms with van der Waals surface area (Å²) >= 11 is 1.02. The van der Waals surface area contributed by atoms with Crippen molar-refractivity contribution in [2.24, 2.45) is 0 Å². The van der Waals surface area contributed by atoms with Crippen molar-refractivity contribution < 1.29 is 18.7 Å². The van der Waals surface area contributed by atoms with Gasteiger partial charge in [-0.1, -0.05) is 0 Å². The molecule has 2 aromatic heterocycles. The van der Waals surface area contributed by atoms with Crippen LogP contribution in [0.5, 0.6) is 0 Å². The summed E-state index contributed by atoms with van der Waals surface area (Å²) in [6, 6.07) is 2.66. The fourth-order valence-electron chi connectivity index (χ4n) is 1.41. The van der Waals surface area contributed by atoms with Crippen LogP contribution in [0.3, 0.4) is 0 Å². The van der Waals surface area contributed by atoms with Crippen LogP contribution in [0.4, 0.5) is 4.39 Å². The Labute approximate surface area is 112 Å². The van der Waals surface area contributed by atoms with Crippen LogP contribution in [-0.4, -0.2) is 28.8 Å². The van der Waals surface area contributed by atoms with Crippen LogP contribution in [0.2, 0.25) is 0 Å². The van der Waals surface area contributed by atoms with Gasteiger partial charge in [-0.05, 0) is 12.1 Å². The molecule has 0 unspecified atom stereocenters. The molecule has 0 amide bonds. The molecule has 98 valence electrons. The summed E-state index contributed by atoms with van der Waals surface area (Å²) in [5, 5.41) is 0.366. The highest BCUT2D eigenvalue weighted by molar-refractivity contribution is 7.17. The van der Waals surface area contributed by atoms with E-state index in [4.69, 9.17) is 0 Å². The van der Waals surface area contributed by atoms with Crippen molar-refractivity contribution in [3.63, 3.8) is 0 Å². The quantitative estimate of drug-likeness (QED) is 0.637. The highest BCUT2D eigenvalue weighted by Gasteiger charge is 2.22. The summed E-state index contributed by atoms with van der Waals surface area (Å²) in [5.41, 5.74) is 0.352. The first-order valence-corrected chi connectivity index (χ1v) is 6.06. The zero-order valence-corrected chi connectivity index (χ0v) is 11.0. The highest BCUT2D eigenvalue weighted by Crippen LogP contribution is 2.27. The van der Waals surface area contributed by atoms with E-state index in [9.17, 15) is 14.0 Å². The molecular weight excluding hydrogens is 271 g/mol. The molecule has 19 heavy (non-hydrogen) atoms. The third-order valence-electron chi connectivity index (χ3n) is 2.27. The zero-order valence-electron chi connectivity index (χ0n) is 10.1. The molecule has 2 heterocycles. The van der Waals surface area contributed by atoms with Crippen LogP contribution in [0.1, 0.15) is 27.1 Å². The molecule has 0 aromatic carbocycles. The maximum absolute atomic E-state index is 12.8. The van der Waals surface area contributed by atoms with Crippen LogP contribution in [0.15, 0.2) is 18.3 Å². The number of methoxy groups -OCH3 is 1. The molecule has 0 fully saturated rings. The standard InChI is InChI=1S/C12H9FN2O3S/c1-6(16)10-9(12(17)18-2)15-11(19-10)8-4-3-7(13)5-14-8/h3-5H,1-2H3. The summed E-state index contributed by atoms with van der Waals surface area (Å²) in [5.74, 6) is -1.44. The fourth-order valence-corrected chi connectivity index (χ4v) is 2.33. The number of aromatic nitrogens is 2. The van der Waals surface area contributed by atoms with E-state index >= 15 is 0 Å². The van der Waals surface area contributed by atoms with Crippen LogP contribution < -0.4 is 0 Å². The van der Waals surface area contributed by atoms with Gasteiger partial charge in [-0.2, -0.15) is 0 Å². The van der Waals surface area contributed by atoms with Gasteiger partial charge in [0.25, 0.3) is 0 Å². The fraction of sp³-hybridized carbons (Fsp3) is 0.167. The third-order valence-corrected chi connectivity index (χ3v) is 3.45. The van der Waals surface area contributed by atoms with Crippen LogP contribution in [0.25, 0.3) is 10.7 Å². The zero-order chi connectivity index (χ0) is 14.0. The average molecular weight is 280 g/mol. The van der Waals surface area contributed by atoms with E-state index < -0.39 is 11.8 Å². The van der Waals surface area contributed by atoms with E-state index in [1.807, 2.05) is 0 Å². The molecule has 2 aromatic rings. The number of hydrogen-bond acceptors (Lipinski definition) is 6. The number of hydrogen-bond donors (Lipinski definition) is 0. The Bertz CT molecular complexity index is 637. The van der Waals surface area contributed by atoms with Crippen molar-refractivity contribution in [1.82, 2.24) is 9.97 Å². The minimum absolute atomic E-state index is 0.0406. The van der Waals surface area contributed by atoms with E-state index in [1.54, 1.807) is 0 Å². The Morgan fingerprint density at radius 1 is 1.37 bits per heavy atom. The number of thiazole rings is 1. The summed E-state index contributed by atoms with van der Waals surface area (Å²) < 4.78 is 17.4. The first-order chi connectivity index (χ1) is 9.02. The van der Waals surface area contributed by atoms with Gasteiger partial charge in [-0.15, -0.1) is 11.3 Å². The molecule has 0 aliphatic carbocycles. The number of Topliss-reactive ketones (excluding diaryl/α,β-unsaturated/α-hetero) is 1. The normalized spacial score (nSPS) is 10.3. The predicted octanol–water partition coefficient (Wildman–Crippen LogP) is 2.33. The Morgan fingerprint density at radius 3 is 2.63 bits per heavy atom. The van der Waals surface area contributed by atoms with Crippen molar-refractivity contribution in [3.05, 3.63) is 34.7 Å². The molecule has 2 rings (SSSR count). The number of nitrogens with zero attached hydrogens (tertiary/aromatic N) is 2. The van der Waals surface area contributed by atoms with Crippen molar-refractivity contribution >= 4 is 23.1 Å². The summed E-state index contributed by atoms with van der Waals surface area (Å²) in [4.78, 5) is 31.1. The largest absolute Gasteiger partial charge is 0.464 e. The van der Waals surface area contributed by atoms with Crippen molar-refractivity contribution in [2.45, 2.75) is 6.92 Å². The van der Waals surface area contributed by atoms with E-state index in [-0.39, 0.29) is 16.4 Å². The second kappa shape index (κ2) is 5.23. The molecule has 0 aliphatic rings. The number of halogens is 1. The Balaban J connectivity index is 2.51. The van der Waals surface area contributed by atoms with Crippen LogP contribution >= 0.6 is 11.3 Å². The minimum atomic E-state index is -0.685. The van der Waals surface area contributed by atoms with Gasteiger partial charge in [-0.25, -0.2) is 14.2 Å². The Kier molecular flexibility index (Phi) is 3.66. The van der Waals surface area contributed by atoms with Gasteiger partial charge < -0.3 is 4.74 Å². The summed E-state index contributed by atoms with van der Waals surface area (Å²) in [6.07, 6.45) is 1.04. The van der Waals surface area contributed by atoms with Crippen molar-refractivity contribution in [1.29, 1.82) is 0 Å². The van der Waals surface area contributed by atoms with E-state index in [2.05, 4.69) is 14.7 Å². The number of ether oxygens (including phenoxy) is 1. The lowest BCUT2D eigenvalue weighted by atomic mass is 10.3. The summed E-state index contributed by atoms with van der Waals surface area (Å²) in [7, 11) is 1.21. The van der Waals surface area contributed by atoms with E-state index in [0.29, 0.717) is 10.7 Å². The van der Waals surface area contributed by atoms with Crippen molar-refractivity contribution in [3.8, 4) is 10.7 Å². The maximum atomic E-state index is 12.8. The topological polar surface area (TPSA) is 69.2 Å². The molecule has 0 spiro atoms. The smallest absolute Gasteiger partial charge is 0.358 e. The maximum Gasteiger partial charge on any atom is 0.358 e. The second-order valence-electron chi connectivity index (χ2n) is 3.61. The number of ketones is 1. The molecule has 0 saturated heterocycles. The van der Waals surface area contributed by atoms with Gasteiger partial charge in [0.15, 0.2) is 11.5 Å². The number of carbonyl (C=O) groups is 2. The Hall–Kier alpha value is -2.15. The summed E-state index contributed by atoms with van der Waals surface area (Å²) in [6.45, 7) is 1.34. The molecule has 0 saturated carbocycles. The van der Waals surface area contributed by atoms with E-state index in [0.717, 1.165) is 17.5 Å². The monoisotopic (exact) mass is 280 g/mol. The molecule has 0 N–H and O–H groups in total. The lowest BCUT2D eigenvalue weighted by Crippen LogP contribution is -2.06. The van der Waals surface area contributed by atoms with Gasteiger partial charge in [0.2, 0.25) is 0 Å². The van der Waals surface area contributed by atoms with Gasteiger partial charge in [0.1, 0.15) is 15.7 Å². The Morgan fingerprint density at radius 2 is 2.11 bits per heavy atom. The lowest BCUT2D eigenvalue weighted by Gasteiger charge is -1.95. The van der Waals surface area contributed by atoms with Crippen LogP contribution in [0, 0.1) is 5.82 Å². The highest BCUT2D eigenvalue weighted by atomic mass is 32.1. The molecule has 7 heteroatoms. The number of esters is 1. The molecular formula is C12H9FN2O3S. The first-order valence-electron chi connectivity index (χ1n) is 5.25. The van der Waals surface area contributed by atoms with Crippen LogP contribution in [-0.2, 0) is 4.74 Å². The molecule has 0 bridgehead atoms. The number of pyridine rings is 1. The number of rotatable bonds is 3. The third kappa shape index (κ3) is 2.65. The second-order valence-corrected chi connectivity index (χ2v) is 4.61. The average Bonchev–Trinajstić information content (AvgIpc) is 2.84. The molecule has 0 atom stereocenters. The number of carbonyl (C=O) groups excluding carboxylic acids is 2. The first kappa shape index (κ1) is 13.3. The van der Waals surface area contributed by atoms with Gasteiger partial charge in [0, 0.05) is 6.92 Å². The minimum Gasteiger partial charge on any atom is -0.464 e. The molecule has 0 radical (unpaired) electrons. The van der Waals surface area contributed by atoms with Gasteiger partial charge in [-0.3, -0.25) is 9.78 Å². The molecule has 0 aliphatic heterocycles. The SMILES string of the molecule is COC(=O)c1nc(-c2ccc(F)cn2)sc1C(C)=O. The van der Waals surface area contributed by atoms with Gasteiger partial charge >= 0.3 is 5.97 Å². The van der Waals surface area contributed by atoms with Crippen molar-refractivity contribution in [2.75, 3.05) is 7.11 Å². The van der Waals surface area contributed by atoms with Gasteiger partial charge in [0.05, 0.1) is 19.0 Å².